The molecule has 8 nitrogen and oxygen atoms in total. The summed E-state index contributed by atoms with van der Waals surface area (Å²) in [7, 11) is 0. The first-order valence-corrected chi connectivity index (χ1v) is 11.0. The number of hydrogen-bond donors (Lipinski definition) is 8. The second-order valence-corrected chi connectivity index (χ2v) is 8.89. The molecule has 4 rings (SSSR count). The van der Waals surface area contributed by atoms with Crippen molar-refractivity contribution in [3.63, 3.8) is 0 Å². The van der Waals surface area contributed by atoms with E-state index in [1.54, 1.807) is 27.7 Å². The third-order valence-corrected chi connectivity index (χ3v) is 6.42. The average Bonchev–Trinajstić information content (AvgIpc) is 2.73. The molecule has 0 fully saturated rings. The van der Waals surface area contributed by atoms with Crippen molar-refractivity contribution in [1.82, 2.24) is 0 Å². The molecule has 0 aliphatic heterocycles. The summed E-state index contributed by atoms with van der Waals surface area (Å²) in [5, 5.41) is 84.0. The molecule has 0 saturated heterocycles. The molecule has 4 aromatic rings. The molecule has 0 amide bonds. The second-order valence-electron chi connectivity index (χ2n) is 8.89. The predicted molar refractivity (Wildman–Crippen MR) is 135 cm³/mol. The molecule has 0 aliphatic rings. The van der Waals surface area contributed by atoms with Gasteiger partial charge in [0.25, 0.3) is 0 Å². The summed E-state index contributed by atoms with van der Waals surface area (Å²) in [6, 6.07) is 7.25. The van der Waals surface area contributed by atoms with Gasteiger partial charge in [0.05, 0.1) is 0 Å². The first-order chi connectivity index (χ1) is 16.8. The first kappa shape index (κ1) is 24.4. The van der Waals surface area contributed by atoms with Crippen LogP contribution < -0.4 is 0 Å². The van der Waals surface area contributed by atoms with Crippen LogP contribution in [0.15, 0.2) is 36.4 Å². The fourth-order valence-corrected chi connectivity index (χ4v) is 4.98. The molecule has 0 saturated carbocycles. The van der Waals surface area contributed by atoms with Crippen LogP contribution in [0.4, 0.5) is 0 Å². The van der Waals surface area contributed by atoms with Gasteiger partial charge in [-0.3, -0.25) is 0 Å². The molecular weight excluding hydrogens is 464 g/mol. The summed E-state index contributed by atoms with van der Waals surface area (Å²) in [6.07, 6.45) is 0. The minimum Gasteiger partial charge on any atom is -0.508 e. The molecule has 8 N–H and O–H groups in total. The molecule has 186 valence electrons. The van der Waals surface area contributed by atoms with Crippen molar-refractivity contribution in [2.24, 2.45) is 0 Å². The van der Waals surface area contributed by atoms with E-state index in [1.807, 2.05) is 0 Å². The third-order valence-electron chi connectivity index (χ3n) is 6.42. The topological polar surface area (TPSA) is 162 Å². The lowest BCUT2D eigenvalue weighted by atomic mass is 9.84. The minimum atomic E-state index is -0.369. The van der Waals surface area contributed by atoms with Crippen molar-refractivity contribution in [2.75, 3.05) is 0 Å². The van der Waals surface area contributed by atoms with Gasteiger partial charge in [0, 0.05) is 57.6 Å². The molecule has 0 aliphatic carbocycles. The Hall–Kier alpha value is -4.72. The highest BCUT2D eigenvalue weighted by Crippen LogP contribution is 2.53. The molecule has 0 aromatic heterocycles. The summed E-state index contributed by atoms with van der Waals surface area (Å²) in [6.45, 7) is 6.45. The molecule has 0 radical (unpaired) electrons. The van der Waals surface area contributed by atoms with E-state index < -0.39 is 0 Å². The van der Waals surface area contributed by atoms with Crippen molar-refractivity contribution in [2.45, 2.75) is 27.7 Å². The van der Waals surface area contributed by atoms with Gasteiger partial charge in [0.15, 0.2) is 0 Å². The first-order valence-electron chi connectivity index (χ1n) is 11.0. The number of hydrogen-bond acceptors (Lipinski definition) is 8. The Morgan fingerprint density at radius 3 is 0.861 bits per heavy atom. The number of phenols is 8. The lowest BCUT2D eigenvalue weighted by molar-refractivity contribution is 0.442. The van der Waals surface area contributed by atoms with Gasteiger partial charge in [0.2, 0.25) is 0 Å². The number of rotatable bonds is 3. The number of benzene rings is 4. The molecule has 0 heterocycles. The molecule has 0 spiro atoms. The zero-order valence-electron chi connectivity index (χ0n) is 20.0. The van der Waals surface area contributed by atoms with Crippen LogP contribution in [-0.4, -0.2) is 40.9 Å². The van der Waals surface area contributed by atoms with Gasteiger partial charge >= 0.3 is 0 Å². The standard InChI is InChI=1S/C28H26O8/c1-11-5-15(29)7-17(31)23(11)25-13(3)27(21(35)9-19(25)33)28-14(4)26(20(34)10-22(28)36)24-12(2)6-16(30)8-18(24)32/h5-10,29-36H,1-4H3. The van der Waals surface area contributed by atoms with Gasteiger partial charge in [-0.2, -0.15) is 0 Å². The normalized spacial score (nSPS) is 11.1. The zero-order chi connectivity index (χ0) is 26.6. The van der Waals surface area contributed by atoms with Crippen molar-refractivity contribution in [1.29, 1.82) is 0 Å². The molecule has 0 bridgehead atoms. The average molecular weight is 491 g/mol. The summed E-state index contributed by atoms with van der Waals surface area (Å²) in [5.41, 5.74) is 2.59. The van der Waals surface area contributed by atoms with Crippen LogP contribution in [0.5, 0.6) is 46.0 Å². The van der Waals surface area contributed by atoms with E-state index in [-0.39, 0.29) is 79.4 Å². The van der Waals surface area contributed by atoms with Gasteiger partial charge in [-0.25, -0.2) is 0 Å². The van der Waals surface area contributed by atoms with Crippen molar-refractivity contribution in [3.05, 3.63) is 58.7 Å². The second kappa shape index (κ2) is 8.49. The van der Waals surface area contributed by atoms with E-state index in [2.05, 4.69) is 0 Å². The quantitative estimate of drug-likeness (QED) is 0.185. The smallest absolute Gasteiger partial charge is 0.127 e. The Kier molecular flexibility index (Phi) is 5.76. The highest BCUT2D eigenvalue weighted by molar-refractivity contribution is 5.95. The van der Waals surface area contributed by atoms with Crippen molar-refractivity contribution < 1.29 is 40.9 Å². The Labute approximate surface area is 206 Å². The maximum atomic E-state index is 10.9. The van der Waals surface area contributed by atoms with Crippen LogP contribution >= 0.6 is 0 Å². The van der Waals surface area contributed by atoms with Gasteiger partial charge in [-0.15, -0.1) is 0 Å². The van der Waals surface area contributed by atoms with Gasteiger partial charge in [0.1, 0.15) is 46.0 Å². The van der Waals surface area contributed by atoms with E-state index in [1.165, 1.54) is 12.1 Å². The van der Waals surface area contributed by atoms with E-state index in [0.717, 1.165) is 24.3 Å². The number of phenolic OH excluding ortho intramolecular Hbond substituents is 8. The van der Waals surface area contributed by atoms with E-state index in [9.17, 15) is 40.9 Å². The Morgan fingerprint density at radius 1 is 0.333 bits per heavy atom. The SMILES string of the molecule is Cc1cc(O)cc(O)c1-c1c(O)cc(O)c(-c2c(O)cc(O)c(-c3c(C)cc(O)cc3O)c2C)c1C. The minimum absolute atomic E-state index is 0.127. The van der Waals surface area contributed by atoms with Crippen LogP contribution in [-0.2, 0) is 0 Å². The van der Waals surface area contributed by atoms with Crippen molar-refractivity contribution in [3.8, 4) is 79.4 Å². The highest BCUT2D eigenvalue weighted by Gasteiger charge is 2.27. The summed E-state index contributed by atoms with van der Waals surface area (Å²) in [4.78, 5) is 0. The van der Waals surface area contributed by atoms with Crippen LogP contribution in [0.3, 0.4) is 0 Å². The van der Waals surface area contributed by atoms with Crippen LogP contribution in [0.1, 0.15) is 22.3 Å². The predicted octanol–water partition coefficient (Wildman–Crippen LogP) is 5.57. The zero-order valence-corrected chi connectivity index (χ0v) is 20.0. The third kappa shape index (κ3) is 3.73. The lowest BCUT2D eigenvalue weighted by Crippen LogP contribution is -1.98. The largest absolute Gasteiger partial charge is 0.508 e. The van der Waals surface area contributed by atoms with Gasteiger partial charge in [-0.1, -0.05) is 0 Å². The van der Waals surface area contributed by atoms with Gasteiger partial charge < -0.3 is 40.9 Å². The van der Waals surface area contributed by atoms with Crippen molar-refractivity contribution >= 4 is 0 Å². The summed E-state index contributed by atoms with van der Waals surface area (Å²) >= 11 is 0. The van der Waals surface area contributed by atoms with Crippen LogP contribution in [0, 0.1) is 27.7 Å². The molecule has 36 heavy (non-hydrogen) atoms. The molecule has 8 heteroatoms. The molecular formula is C28H26O8. The van der Waals surface area contributed by atoms with Crippen LogP contribution in [0.2, 0.25) is 0 Å². The highest BCUT2D eigenvalue weighted by atomic mass is 16.3. The Bertz CT molecular complexity index is 1390. The molecule has 0 atom stereocenters. The summed E-state index contributed by atoms with van der Waals surface area (Å²) in [5.74, 6) is -2.31. The molecule has 4 aromatic carbocycles. The van der Waals surface area contributed by atoms with E-state index in [0.29, 0.717) is 22.3 Å². The number of aromatic hydroxyl groups is 8. The fourth-order valence-electron chi connectivity index (χ4n) is 4.98. The number of aryl methyl sites for hydroxylation is 2. The van der Waals surface area contributed by atoms with Gasteiger partial charge in [-0.05, 0) is 62.1 Å². The monoisotopic (exact) mass is 490 g/mol. The Balaban J connectivity index is 2.10. The molecule has 0 unspecified atom stereocenters. The maximum absolute atomic E-state index is 10.9. The lowest BCUT2D eigenvalue weighted by Gasteiger charge is -2.22. The summed E-state index contributed by atoms with van der Waals surface area (Å²) < 4.78 is 0. The van der Waals surface area contributed by atoms with E-state index in [4.69, 9.17) is 0 Å². The van der Waals surface area contributed by atoms with E-state index >= 15 is 0 Å². The Morgan fingerprint density at radius 2 is 0.583 bits per heavy atom. The maximum Gasteiger partial charge on any atom is 0.127 e. The van der Waals surface area contributed by atoms with Crippen LogP contribution in [0.25, 0.3) is 33.4 Å². The fraction of sp³-hybridized carbons (Fsp3) is 0.143.